The molecular formula is C25H20FN3O4. The maximum absolute atomic E-state index is 13.5. The van der Waals surface area contributed by atoms with Gasteiger partial charge in [0.25, 0.3) is 11.5 Å². The van der Waals surface area contributed by atoms with E-state index >= 15 is 0 Å². The predicted octanol–water partition coefficient (Wildman–Crippen LogP) is 3.92. The van der Waals surface area contributed by atoms with Crippen molar-refractivity contribution in [3.63, 3.8) is 0 Å². The van der Waals surface area contributed by atoms with Crippen LogP contribution in [-0.2, 0) is 4.79 Å². The van der Waals surface area contributed by atoms with Crippen LogP contribution in [0.2, 0.25) is 0 Å². The third-order valence-electron chi connectivity index (χ3n) is 5.13. The number of hydrogen-bond donors (Lipinski definition) is 3. The molecule has 0 bridgehead atoms. The van der Waals surface area contributed by atoms with Crippen LogP contribution in [0.15, 0.2) is 89.7 Å². The van der Waals surface area contributed by atoms with Gasteiger partial charge in [-0.1, -0.05) is 54.6 Å². The first-order chi connectivity index (χ1) is 15.9. The zero-order valence-corrected chi connectivity index (χ0v) is 17.4. The quantitative estimate of drug-likeness (QED) is 0.401. The summed E-state index contributed by atoms with van der Waals surface area (Å²) in [4.78, 5) is 36.5. The van der Waals surface area contributed by atoms with Gasteiger partial charge >= 0.3 is 5.97 Å². The molecule has 3 N–H and O–H groups in total. The van der Waals surface area contributed by atoms with Crippen molar-refractivity contribution in [2.45, 2.75) is 12.5 Å². The van der Waals surface area contributed by atoms with E-state index < -0.39 is 23.5 Å². The molecule has 0 fully saturated rings. The first-order valence-electron chi connectivity index (χ1n) is 10.2. The average Bonchev–Trinajstić information content (AvgIpc) is 3.21. The van der Waals surface area contributed by atoms with Crippen LogP contribution in [0.1, 0.15) is 28.5 Å². The van der Waals surface area contributed by atoms with Crippen LogP contribution in [0.25, 0.3) is 16.8 Å². The SMILES string of the molecule is O=C(O)CC(NC(=O)c1cc(=O)n(-c2ccccc2)[nH]1)c1ccc(-c2cccc(F)c2)cc1. The fourth-order valence-corrected chi connectivity index (χ4v) is 3.52. The number of carbonyl (C=O) groups excluding carboxylic acids is 1. The van der Waals surface area contributed by atoms with Gasteiger partial charge in [-0.05, 0) is 41.0 Å². The Morgan fingerprint density at radius 1 is 0.939 bits per heavy atom. The summed E-state index contributed by atoms with van der Waals surface area (Å²) in [5.41, 5.74) is 2.16. The van der Waals surface area contributed by atoms with E-state index in [2.05, 4.69) is 10.4 Å². The molecule has 1 unspecified atom stereocenters. The molecule has 33 heavy (non-hydrogen) atoms. The highest BCUT2D eigenvalue weighted by atomic mass is 19.1. The van der Waals surface area contributed by atoms with Crippen molar-refractivity contribution in [2.75, 3.05) is 0 Å². The summed E-state index contributed by atoms with van der Waals surface area (Å²) in [5.74, 6) is -2.06. The number of carbonyl (C=O) groups is 2. The first kappa shape index (κ1) is 21.8. The number of aliphatic carboxylic acids is 1. The van der Waals surface area contributed by atoms with E-state index in [4.69, 9.17) is 0 Å². The Morgan fingerprint density at radius 3 is 2.33 bits per heavy atom. The maximum Gasteiger partial charge on any atom is 0.305 e. The minimum Gasteiger partial charge on any atom is -0.481 e. The highest BCUT2D eigenvalue weighted by molar-refractivity contribution is 5.92. The molecule has 4 aromatic rings. The van der Waals surface area contributed by atoms with E-state index in [0.717, 1.165) is 11.6 Å². The number of amides is 1. The second kappa shape index (κ2) is 9.35. The molecule has 166 valence electrons. The summed E-state index contributed by atoms with van der Waals surface area (Å²) < 4.78 is 14.7. The first-order valence-corrected chi connectivity index (χ1v) is 10.2. The second-order valence-corrected chi connectivity index (χ2v) is 7.44. The van der Waals surface area contributed by atoms with E-state index in [1.54, 1.807) is 66.7 Å². The lowest BCUT2D eigenvalue weighted by Crippen LogP contribution is -2.30. The van der Waals surface area contributed by atoms with Crippen LogP contribution in [0.5, 0.6) is 0 Å². The molecule has 0 aliphatic rings. The van der Waals surface area contributed by atoms with Crippen molar-refractivity contribution < 1.29 is 19.1 Å². The van der Waals surface area contributed by atoms with Gasteiger partial charge in [-0.15, -0.1) is 0 Å². The van der Waals surface area contributed by atoms with Crippen LogP contribution >= 0.6 is 0 Å². The molecule has 1 aromatic heterocycles. The average molecular weight is 445 g/mol. The fraction of sp³-hybridized carbons (Fsp3) is 0.0800. The lowest BCUT2D eigenvalue weighted by Gasteiger charge is -2.17. The number of hydrogen-bond acceptors (Lipinski definition) is 3. The molecule has 0 saturated carbocycles. The number of carboxylic acids is 1. The summed E-state index contributed by atoms with van der Waals surface area (Å²) in [7, 11) is 0. The van der Waals surface area contributed by atoms with Crippen molar-refractivity contribution in [1.29, 1.82) is 0 Å². The van der Waals surface area contributed by atoms with Gasteiger partial charge in [-0.3, -0.25) is 19.5 Å². The largest absolute Gasteiger partial charge is 0.481 e. The topological polar surface area (TPSA) is 104 Å². The normalized spacial score (nSPS) is 11.7. The zero-order valence-electron chi connectivity index (χ0n) is 17.4. The molecule has 0 aliphatic carbocycles. The van der Waals surface area contributed by atoms with Gasteiger partial charge in [0.2, 0.25) is 0 Å². The number of halogens is 1. The van der Waals surface area contributed by atoms with Gasteiger partial charge in [0.1, 0.15) is 11.5 Å². The molecule has 4 rings (SSSR count). The van der Waals surface area contributed by atoms with Gasteiger partial charge in [0.15, 0.2) is 0 Å². The van der Waals surface area contributed by atoms with E-state index in [0.29, 0.717) is 16.8 Å². The molecule has 0 saturated heterocycles. The number of nitrogens with one attached hydrogen (secondary N) is 2. The third kappa shape index (κ3) is 5.07. The Bertz CT molecular complexity index is 1340. The van der Waals surface area contributed by atoms with Crippen LogP contribution in [-0.4, -0.2) is 26.8 Å². The van der Waals surface area contributed by atoms with Crippen LogP contribution in [0, 0.1) is 5.82 Å². The molecule has 1 heterocycles. The van der Waals surface area contributed by atoms with Gasteiger partial charge in [-0.25, -0.2) is 9.07 Å². The predicted molar refractivity (Wildman–Crippen MR) is 121 cm³/mol. The Labute approximate surface area is 188 Å². The smallest absolute Gasteiger partial charge is 0.305 e. The number of carboxylic acid groups (broad SMARTS) is 1. The summed E-state index contributed by atoms with van der Waals surface area (Å²) in [6.07, 6.45) is -0.353. The Morgan fingerprint density at radius 2 is 1.67 bits per heavy atom. The fourth-order valence-electron chi connectivity index (χ4n) is 3.52. The monoisotopic (exact) mass is 445 g/mol. The second-order valence-electron chi connectivity index (χ2n) is 7.44. The van der Waals surface area contributed by atoms with Crippen molar-refractivity contribution in [1.82, 2.24) is 15.1 Å². The highest BCUT2D eigenvalue weighted by Crippen LogP contribution is 2.24. The number of rotatable bonds is 7. The minimum absolute atomic E-state index is 0.00984. The molecule has 0 aliphatic heterocycles. The standard InChI is InChI=1S/C25H20FN3O4/c26-19-6-4-5-18(13-19)16-9-11-17(12-10-16)21(15-24(31)32)27-25(33)22-14-23(30)29(28-22)20-7-2-1-3-8-20/h1-14,21,28H,15H2,(H,27,33)(H,31,32). The molecule has 1 amide bonds. The minimum atomic E-state index is -1.09. The lowest BCUT2D eigenvalue weighted by atomic mass is 9.99. The van der Waals surface area contributed by atoms with Crippen molar-refractivity contribution >= 4 is 11.9 Å². The number of nitrogens with zero attached hydrogens (tertiary/aromatic N) is 1. The van der Waals surface area contributed by atoms with Crippen LogP contribution in [0.4, 0.5) is 4.39 Å². The number of aromatic nitrogens is 2. The zero-order chi connectivity index (χ0) is 23.4. The number of aromatic amines is 1. The Kier molecular flexibility index (Phi) is 6.17. The number of benzene rings is 3. The number of H-pyrrole nitrogens is 1. The highest BCUT2D eigenvalue weighted by Gasteiger charge is 2.21. The Hall–Kier alpha value is -4.46. The lowest BCUT2D eigenvalue weighted by molar-refractivity contribution is -0.137. The molecule has 8 heteroatoms. The van der Waals surface area contributed by atoms with Crippen molar-refractivity contribution in [3.8, 4) is 16.8 Å². The third-order valence-corrected chi connectivity index (χ3v) is 5.13. The van der Waals surface area contributed by atoms with Gasteiger partial charge in [0.05, 0.1) is 18.2 Å². The van der Waals surface area contributed by atoms with E-state index in [-0.39, 0.29) is 17.9 Å². The van der Waals surface area contributed by atoms with Crippen molar-refractivity contribution in [2.24, 2.45) is 0 Å². The van der Waals surface area contributed by atoms with Crippen LogP contribution in [0.3, 0.4) is 0 Å². The van der Waals surface area contributed by atoms with E-state index in [1.807, 2.05) is 0 Å². The van der Waals surface area contributed by atoms with Gasteiger partial charge in [0, 0.05) is 6.07 Å². The number of para-hydroxylation sites is 1. The summed E-state index contributed by atoms with van der Waals surface area (Å²) in [5, 5.41) is 14.8. The van der Waals surface area contributed by atoms with Gasteiger partial charge < -0.3 is 10.4 Å². The molecule has 0 spiro atoms. The van der Waals surface area contributed by atoms with Gasteiger partial charge in [-0.2, -0.15) is 0 Å². The summed E-state index contributed by atoms with van der Waals surface area (Å²) in [6.45, 7) is 0. The van der Waals surface area contributed by atoms with E-state index in [9.17, 15) is 23.9 Å². The summed E-state index contributed by atoms with van der Waals surface area (Å²) >= 11 is 0. The molecule has 0 radical (unpaired) electrons. The molecule has 7 nitrogen and oxygen atoms in total. The summed E-state index contributed by atoms with van der Waals surface area (Å²) in [6, 6.07) is 22.1. The molecule has 3 aromatic carbocycles. The molecular weight excluding hydrogens is 425 g/mol. The Balaban J connectivity index is 1.57. The maximum atomic E-state index is 13.5. The van der Waals surface area contributed by atoms with E-state index in [1.165, 1.54) is 16.8 Å². The van der Waals surface area contributed by atoms with Crippen LogP contribution < -0.4 is 10.9 Å². The van der Waals surface area contributed by atoms with Crippen molar-refractivity contribution in [3.05, 3.63) is 112 Å². The molecule has 1 atom stereocenters.